The second kappa shape index (κ2) is 6.10. The van der Waals surface area contributed by atoms with E-state index >= 15 is 0 Å². The normalized spacial score (nSPS) is 12.3. The minimum atomic E-state index is 0.188. The van der Waals surface area contributed by atoms with E-state index < -0.39 is 0 Å². The lowest BCUT2D eigenvalue weighted by Crippen LogP contribution is -1.95. The van der Waals surface area contributed by atoms with Gasteiger partial charge >= 0.3 is 0 Å². The van der Waals surface area contributed by atoms with E-state index in [0.717, 1.165) is 10.2 Å². The molecule has 0 radical (unpaired) electrons. The third-order valence-electron chi connectivity index (χ3n) is 3.01. The van der Waals surface area contributed by atoms with E-state index in [0.29, 0.717) is 0 Å². The zero-order valence-electron chi connectivity index (χ0n) is 11.2. The van der Waals surface area contributed by atoms with Gasteiger partial charge in [0.25, 0.3) is 0 Å². The molecule has 0 aliphatic heterocycles. The van der Waals surface area contributed by atoms with Crippen LogP contribution in [0, 0.1) is 13.8 Å². The van der Waals surface area contributed by atoms with Gasteiger partial charge in [0.2, 0.25) is 0 Å². The molecule has 0 saturated heterocycles. The molecule has 0 bridgehead atoms. The summed E-state index contributed by atoms with van der Waals surface area (Å²) in [7, 11) is 1.68. The first-order chi connectivity index (χ1) is 9.01. The highest BCUT2D eigenvalue weighted by Gasteiger charge is 2.13. The van der Waals surface area contributed by atoms with Crippen molar-refractivity contribution < 1.29 is 4.74 Å². The highest BCUT2D eigenvalue weighted by molar-refractivity contribution is 9.10. The van der Waals surface area contributed by atoms with Crippen molar-refractivity contribution in [2.24, 2.45) is 0 Å². The quantitative estimate of drug-likeness (QED) is 0.630. The summed E-state index contributed by atoms with van der Waals surface area (Å²) in [5.74, 6) is 0.851. The lowest BCUT2D eigenvalue weighted by Gasteiger charge is -2.14. The summed E-state index contributed by atoms with van der Waals surface area (Å²) < 4.78 is 6.23. The van der Waals surface area contributed by atoms with Gasteiger partial charge in [-0.3, -0.25) is 0 Å². The van der Waals surface area contributed by atoms with Gasteiger partial charge in [-0.2, -0.15) is 0 Å². The van der Waals surface area contributed by atoms with E-state index in [9.17, 15) is 0 Å². The summed E-state index contributed by atoms with van der Waals surface area (Å²) in [5.41, 5.74) is 5.05. The summed E-state index contributed by atoms with van der Waals surface area (Å²) in [6.45, 7) is 4.25. The van der Waals surface area contributed by atoms with E-state index in [1.807, 2.05) is 6.07 Å². The van der Waals surface area contributed by atoms with Crippen LogP contribution < -0.4 is 4.74 Å². The van der Waals surface area contributed by atoms with Crippen molar-refractivity contribution in [3.8, 4) is 5.75 Å². The molecular formula is C16H16Br2O. The van der Waals surface area contributed by atoms with Crippen molar-refractivity contribution in [3.63, 3.8) is 0 Å². The van der Waals surface area contributed by atoms with Crippen LogP contribution in [0.15, 0.2) is 40.9 Å². The number of ether oxygens (including phenoxy) is 1. The minimum absolute atomic E-state index is 0.188. The molecule has 0 fully saturated rings. The molecule has 1 atom stereocenters. The van der Waals surface area contributed by atoms with Crippen LogP contribution in [0.4, 0.5) is 0 Å². The second-order valence-corrected chi connectivity index (χ2v) is 6.45. The smallest absolute Gasteiger partial charge is 0.133 e. The van der Waals surface area contributed by atoms with Gasteiger partial charge < -0.3 is 4.74 Å². The van der Waals surface area contributed by atoms with Crippen LogP contribution in [-0.4, -0.2) is 7.11 Å². The molecule has 3 heteroatoms. The molecule has 19 heavy (non-hydrogen) atoms. The lowest BCUT2D eigenvalue weighted by molar-refractivity contribution is 0.412. The fourth-order valence-electron chi connectivity index (χ4n) is 2.19. The Morgan fingerprint density at radius 3 is 2.11 bits per heavy atom. The van der Waals surface area contributed by atoms with Crippen LogP contribution in [0.25, 0.3) is 0 Å². The number of rotatable bonds is 3. The van der Waals surface area contributed by atoms with E-state index in [-0.39, 0.29) is 4.83 Å². The molecule has 0 amide bonds. The van der Waals surface area contributed by atoms with E-state index in [2.05, 4.69) is 76.0 Å². The molecule has 0 aliphatic carbocycles. The van der Waals surface area contributed by atoms with Gasteiger partial charge in [-0.05, 0) is 53.0 Å². The van der Waals surface area contributed by atoms with Crippen molar-refractivity contribution in [3.05, 3.63) is 63.1 Å². The maximum absolute atomic E-state index is 5.26. The van der Waals surface area contributed by atoms with Gasteiger partial charge in [0, 0.05) is 0 Å². The average molecular weight is 384 g/mol. The van der Waals surface area contributed by atoms with Gasteiger partial charge in [0.15, 0.2) is 0 Å². The Labute approximate surface area is 131 Å². The molecule has 1 nitrogen and oxygen atoms in total. The van der Waals surface area contributed by atoms with Crippen LogP contribution in [0.1, 0.15) is 27.1 Å². The zero-order chi connectivity index (χ0) is 14.0. The number of aryl methyl sites for hydroxylation is 2. The SMILES string of the molecule is COc1ccc(C(Br)c2cc(C)cc(C)c2)cc1Br. The summed E-state index contributed by atoms with van der Waals surface area (Å²) in [5, 5.41) is 0. The van der Waals surface area contributed by atoms with E-state index in [1.165, 1.54) is 22.3 Å². The van der Waals surface area contributed by atoms with Crippen LogP contribution >= 0.6 is 31.9 Å². The van der Waals surface area contributed by atoms with Gasteiger partial charge in [0.05, 0.1) is 16.4 Å². The summed E-state index contributed by atoms with van der Waals surface area (Å²) in [4.78, 5) is 0.188. The molecule has 100 valence electrons. The number of hydrogen-bond acceptors (Lipinski definition) is 1. The highest BCUT2D eigenvalue weighted by atomic mass is 79.9. The molecule has 1 unspecified atom stereocenters. The molecule has 2 aromatic rings. The molecule has 0 heterocycles. The van der Waals surface area contributed by atoms with Gasteiger partial charge in [-0.1, -0.05) is 51.3 Å². The molecular weight excluding hydrogens is 368 g/mol. The van der Waals surface area contributed by atoms with Crippen LogP contribution in [0.2, 0.25) is 0 Å². The number of halogens is 2. The number of alkyl halides is 1. The zero-order valence-corrected chi connectivity index (χ0v) is 14.4. The van der Waals surface area contributed by atoms with Crippen molar-refractivity contribution in [2.45, 2.75) is 18.7 Å². The Morgan fingerprint density at radius 2 is 1.58 bits per heavy atom. The lowest BCUT2D eigenvalue weighted by atomic mass is 10.0. The molecule has 0 aliphatic rings. The molecule has 0 spiro atoms. The van der Waals surface area contributed by atoms with Gasteiger partial charge in [-0.15, -0.1) is 0 Å². The van der Waals surface area contributed by atoms with Crippen LogP contribution in [0.3, 0.4) is 0 Å². The van der Waals surface area contributed by atoms with Crippen molar-refractivity contribution >= 4 is 31.9 Å². The average Bonchev–Trinajstić information content (AvgIpc) is 2.36. The van der Waals surface area contributed by atoms with Gasteiger partial charge in [0.1, 0.15) is 5.75 Å². The Morgan fingerprint density at radius 1 is 0.947 bits per heavy atom. The Hall–Kier alpha value is -0.800. The third kappa shape index (κ3) is 3.40. The predicted molar refractivity (Wildman–Crippen MR) is 87.4 cm³/mol. The Bertz CT molecular complexity index is 573. The summed E-state index contributed by atoms with van der Waals surface area (Å²) in [6.07, 6.45) is 0. The predicted octanol–water partition coefficient (Wildman–Crippen LogP) is 5.56. The molecule has 2 rings (SSSR count). The first-order valence-corrected chi connectivity index (χ1v) is 7.78. The maximum Gasteiger partial charge on any atom is 0.133 e. The summed E-state index contributed by atoms with van der Waals surface area (Å²) in [6, 6.07) is 12.8. The van der Waals surface area contributed by atoms with Gasteiger partial charge in [-0.25, -0.2) is 0 Å². The van der Waals surface area contributed by atoms with E-state index in [4.69, 9.17) is 4.74 Å². The largest absolute Gasteiger partial charge is 0.496 e. The molecule has 0 saturated carbocycles. The van der Waals surface area contributed by atoms with Crippen molar-refractivity contribution in [1.82, 2.24) is 0 Å². The van der Waals surface area contributed by atoms with Crippen molar-refractivity contribution in [1.29, 1.82) is 0 Å². The van der Waals surface area contributed by atoms with Crippen molar-refractivity contribution in [2.75, 3.05) is 7.11 Å². The number of methoxy groups -OCH3 is 1. The fourth-order valence-corrected chi connectivity index (χ4v) is 3.30. The highest BCUT2D eigenvalue weighted by Crippen LogP contribution is 2.35. The molecule has 0 aromatic heterocycles. The third-order valence-corrected chi connectivity index (χ3v) is 4.68. The van der Waals surface area contributed by atoms with Crippen LogP contribution in [0.5, 0.6) is 5.75 Å². The number of hydrogen-bond donors (Lipinski definition) is 0. The molecule has 0 N–H and O–H groups in total. The standard InChI is InChI=1S/C16H16Br2O/c1-10-6-11(2)8-13(7-10)16(18)12-4-5-15(19-3)14(17)9-12/h4-9,16H,1-3H3. The first-order valence-electron chi connectivity index (χ1n) is 6.07. The van der Waals surface area contributed by atoms with E-state index in [1.54, 1.807) is 7.11 Å². The Kier molecular flexibility index (Phi) is 4.69. The second-order valence-electron chi connectivity index (χ2n) is 4.68. The monoisotopic (exact) mass is 382 g/mol. The Balaban J connectivity index is 2.38. The topological polar surface area (TPSA) is 9.23 Å². The maximum atomic E-state index is 5.26. The fraction of sp³-hybridized carbons (Fsp3) is 0.250. The summed E-state index contributed by atoms with van der Waals surface area (Å²) >= 11 is 7.31. The van der Waals surface area contributed by atoms with Crippen LogP contribution in [-0.2, 0) is 0 Å². The first kappa shape index (κ1) is 14.6. The molecule has 2 aromatic carbocycles. The minimum Gasteiger partial charge on any atom is -0.496 e. The number of benzene rings is 2.